The predicted molar refractivity (Wildman–Crippen MR) is 97.7 cm³/mol. The van der Waals surface area contributed by atoms with Crippen molar-refractivity contribution in [2.45, 2.75) is 25.8 Å². The monoisotopic (exact) mass is 440 g/mol. The van der Waals surface area contributed by atoms with Gasteiger partial charge in [-0.1, -0.05) is 18.2 Å². The number of anilines is 1. The van der Waals surface area contributed by atoms with Crippen LogP contribution in [-0.4, -0.2) is 22.9 Å². The van der Waals surface area contributed by atoms with Gasteiger partial charge in [0.15, 0.2) is 0 Å². The van der Waals surface area contributed by atoms with Crippen LogP contribution >= 0.6 is 0 Å². The van der Waals surface area contributed by atoms with Crippen molar-refractivity contribution >= 4 is 5.69 Å². The zero-order valence-electron chi connectivity index (χ0n) is 15.9. The van der Waals surface area contributed by atoms with E-state index in [0.717, 1.165) is 17.7 Å². The Morgan fingerprint density at radius 1 is 1.03 bits per heavy atom. The lowest BCUT2D eigenvalue weighted by molar-refractivity contribution is -0.137. The second kappa shape index (κ2) is 8.29. The first-order valence-corrected chi connectivity index (χ1v) is 8.79. The van der Waals surface area contributed by atoms with E-state index in [1.54, 1.807) is 31.2 Å². The topological polar surface area (TPSA) is 66.0 Å². The van der Waals surface area contributed by atoms with E-state index >= 15 is 0 Å². The van der Waals surface area contributed by atoms with Crippen molar-refractivity contribution in [2.24, 2.45) is 0 Å². The molecule has 0 saturated heterocycles. The Morgan fingerprint density at radius 3 is 2.35 bits per heavy atom. The van der Waals surface area contributed by atoms with E-state index in [1.807, 2.05) is 0 Å². The number of alkyl halides is 6. The average molecular weight is 440 g/mol. The van der Waals surface area contributed by atoms with Crippen LogP contribution in [0.2, 0.25) is 0 Å². The molecule has 11 heteroatoms. The summed E-state index contributed by atoms with van der Waals surface area (Å²) in [7, 11) is 0. The van der Waals surface area contributed by atoms with Crippen molar-refractivity contribution in [3.63, 3.8) is 0 Å². The van der Waals surface area contributed by atoms with Gasteiger partial charge in [-0.05, 0) is 36.8 Å². The van der Waals surface area contributed by atoms with Crippen molar-refractivity contribution in [2.75, 3.05) is 11.4 Å². The maximum Gasteiger partial charge on any atom is 0.417 e. The number of hydrogen-bond donors (Lipinski definition) is 0. The van der Waals surface area contributed by atoms with Gasteiger partial charge < -0.3 is 9.32 Å². The number of halogens is 6. The zero-order chi connectivity index (χ0) is 22.8. The molecule has 162 valence electrons. The molecule has 5 nitrogen and oxygen atoms in total. The molecule has 0 spiro atoms. The highest BCUT2D eigenvalue weighted by molar-refractivity contribution is 5.58. The Labute approximate surface area is 172 Å². The minimum absolute atomic E-state index is 0.0795. The Hall–Kier alpha value is -3.55. The van der Waals surface area contributed by atoms with E-state index in [0.29, 0.717) is 16.5 Å². The molecule has 0 radical (unpaired) electrons. The van der Waals surface area contributed by atoms with Crippen LogP contribution in [0, 0.1) is 18.3 Å². The SMILES string of the molecule is Cc1ccccc1-c1nnc(CN(CC(F)(F)F)c2ccc(C#N)c(C(F)(F)F)c2)o1. The minimum atomic E-state index is -4.91. The van der Waals surface area contributed by atoms with Gasteiger partial charge in [-0.3, -0.25) is 0 Å². The van der Waals surface area contributed by atoms with Gasteiger partial charge in [-0.2, -0.15) is 31.6 Å². The van der Waals surface area contributed by atoms with Crippen molar-refractivity contribution in [3.8, 4) is 17.5 Å². The number of benzene rings is 2. The molecule has 2 aromatic carbocycles. The summed E-state index contributed by atoms with van der Waals surface area (Å²) in [5, 5.41) is 16.5. The van der Waals surface area contributed by atoms with Crippen molar-refractivity contribution < 1.29 is 30.8 Å². The molecule has 0 fully saturated rings. The van der Waals surface area contributed by atoms with Gasteiger partial charge in [0.05, 0.1) is 23.7 Å². The Kier molecular flexibility index (Phi) is 5.92. The molecular weight excluding hydrogens is 426 g/mol. The fourth-order valence-electron chi connectivity index (χ4n) is 2.92. The first-order chi connectivity index (χ1) is 14.5. The maximum atomic E-state index is 13.2. The number of aromatic nitrogens is 2. The first kappa shape index (κ1) is 22.1. The molecule has 0 aliphatic rings. The molecule has 0 aliphatic heterocycles. The number of nitrogens with zero attached hydrogens (tertiary/aromatic N) is 4. The highest BCUT2D eigenvalue weighted by Gasteiger charge is 2.36. The summed E-state index contributed by atoms with van der Waals surface area (Å²) in [6, 6.07) is 10.7. The summed E-state index contributed by atoms with van der Waals surface area (Å²) in [5.41, 5.74) is -1.03. The van der Waals surface area contributed by atoms with Gasteiger partial charge in [-0.25, -0.2) is 0 Å². The van der Waals surface area contributed by atoms with Crippen molar-refractivity contribution in [1.29, 1.82) is 5.26 Å². The second-order valence-corrected chi connectivity index (χ2v) is 6.63. The summed E-state index contributed by atoms with van der Waals surface area (Å²) in [4.78, 5) is 0.630. The third-order valence-corrected chi connectivity index (χ3v) is 4.33. The third-order valence-electron chi connectivity index (χ3n) is 4.33. The highest BCUT2D eigenvalue weighted by atomic mass is 19.4. The number of hydrogen-bond acceptors (Lipinski definition) is 5. The molecule has 31 heavy (non-hydrogen) atoms. The largest absolute Gasteiger partial charge is 0.419 e. The molecule has 3 aromatic rings. The quantitative estimate of drug-likeness (QED) is 0.490. The molecule has 0 atom stereocenters. The fraction of sp³-hybridized carbons (Fsp3) is 0.250. The van der Waals surface area contributed by atoms with Crippen LogP contribution in [0.4, 0.5) is 32.0 Å². The van der Waals surface area contributed by atoms with E-state index in [1.165, 1.54) is 6.07 Å². The Bertz CT molecular complexity index is 1110. The van der Waals surface area contributed by atoms with Gasteiger partial charge in [0, 0.05) is 11.3 Å². The Balaban J connectivity index is 1.97. The molecule has 0 bridgehead atoms. The average Bonchev–Trinajstić information content (AvgIpc) is 3.14. The van der Waals surface area contributed by atoms with Gasteiger partial charge >= 0.3 is 12.4 Å². The fourth-order valence-corrected chi connectivity index (χ4v) is 2.92. The summed E-state index contributed by atoms with van der Waals surface area (Å²) in [6.45, 7) is -0.357. The summed E-state index contributed by atoms with van der Waals surface area (Å²) in [5.74, 6) is -0.128. The molecule has 0 unspecified atom stereocenters. The lowest BCUT2D eigenvalue weighted by atomic mass is 10.1. The van der Waals surface area contributed by atoms with Crippen LogP contribution in [0.15, 0.2) is 46.9 Å². The van der Waals surface area contributed by atoms with Crippen molar-refractivity contribution in [1.82, 2.24) is 10.2 Å². The van der Waals surface area contributed by atoms with E-state index < -0.39 is 36.6 Å². The van der Waals surface area contributed by atoms with Crippen LogP contribution in [0.25, 0.3) is 11.5 Å². The minimum Gasteiger partial charge on any atom is -0.419 e. The lowest BCUT2D eigenvalue weighted by Crippen LogP contribution is -2.34. The van der Waals surface area contributed by atoms with E-state index in [2.05, 4.69) is 10.2 Å². The summed E-state index contributed by atoms with van der Waals surface area (Å²) in [6.07, 6.45) is -9.63. The molecule has 1 heterocycles. The number of nitriles is 1. The smallest absolute Gasteiger partial charge is 0.417 e. The van der Waals surface area contributed by atoms with Gasteiger partial charge in [-0.15, -0.1) is 10.2 Å². The van der Waals surface area contributed by atoms with Crippen LogP contribution in [-0.2, 0) is 12.7 Å². The predicted octanol–water partition coefficient (Wildman–Crippen LogP) is 5.50. The standard InChI is InChI=1S/C20H14F6N4O/c1-12-4-2-3-5-15(12)18-29-28-17(31-18)10-30(11-19(21,22)23)14-7-6-13(9-27)16(8-14)20(24,25)26/h2-8H,10-11H2,1H3. The summed E-state index contributed by atoms with van der Waals surface area (Å²) < 4.78 is 84.5. The normalized spacial score (nSPS) is 11.9. The van der Waals surface area contributed by atoms with Crippen LogP contribution in [0.3, 0.4) is 0 Å². The van der Waals surface area contributed by atoms with E-state index in [4.69, 9.17) is 9.68 Å². The molecule has 1 aromatic heterocycles. The van der Waals surface area contributed by atoms with Gasteiger partial charge in [0.2, 0.25) is 11.8 Å². The zero-order valence-corrected chi connectivity index (χ0v) is 15.9. The molecule has 0 N–H and O–H groups in total. The van der Waals surface area contributed by atoms with Crippen molar-refractivity contribution in [3.05, 3.63) is 65.0 Å². The van der Waals surface area contributed by atoms with Crippen LogP contribution < -0.4 is 4.90 Å². The van der Waals surface area contributed by atoms with Crippen LogP contribution in [0.5, 0.6) is 0 Å². The molecule has 0 saturated carbocycles. The second-order valence-electron chi connectivity index (χ2n) is 6.63. The van der Waals surface area contributed by atoms with E-state index in [9.17, 15) is 26.3 Å². The van der Waals surface area contributed by atoms with Gasteiger partial charge in [0.1, 0.15) is 6.54 Å². The first-order valence-electron chi connectivity index (χ1n) is 8.79. The molecule has 3 rings (SSSR count). The van der Waals surface area contributed by atoms with Crippen LogP contribution in [0.1, 0.15) is 22.6 Å². The maximum absolute atomic E-state index is 13.2. The summed E-state index contributed by atoms with van der Waals surface area (Å²) >= 11 is 0. The van der Waals surface area contributed by atoms with E-state index in [-0.39, 0.29) is 17.5 Å². The molecule has 0 aliphatic carbocycles. The third kappa shape index (κ3) is 5.33. The number of aryl methyl sites for hydroxylation is 1. The molecular formula is C20H14F6N4O. The highest BCUT2D eigenvalue weighted by Crippen LogP contribution is 2.35. The number of rotatable bonds is 5. The Morgan fingerprint density at radius 2 is 1.74 bits per heavy atom. The van der Waals surface area contributed by atoms with Gasteiger partial charge in [0.25, 0.3) is 0 Å². The lowest BCUT2D eigenvalue weighted by Gasteiger charge is -2.25. The molecule has 0 amide bonds.